The SMILES string of the molecule is [N-]=[N+]=C(C(=O)OCC(Cl)(Cl)Cl)c1ccc(F)cc1. The van der Waals surface area contributed by atoms with Gasteiger partial charge in [-0.05, 0) is 24.3 Å². The molecule has 0 fully saturated rings. The van der Waals surface area contributed by atoms with E-state index in [9.17, 15) is 9.18 Å². The minimum absolute atomic E-state index is 0.174. The molecule has 0 aliphatic heterocycles. The summed E-state index contributed by atoms with van der Waals surface area (Å²) in [7, 11) is 0. The van der Waals surface area contributed by atoms with Gasteiger partial charge in [-0.3, -0.25) is 0 Å². The summed E-state index contributed by atoms with van der Waals surface area (Å²) in [6.45, 7) is -0.503. The molecular formula is C10H6Cl3FN2O2. The van der Waals surface area contributed by atoms with E-state index < -0.39 is 27.9 Å². The average Bonchev–Trinajstić information content (AvgIpc) is 2.29. The number of esters is 1. The Morgan fingerprint density at radius 2 is 1.89 bits per heavy atom. The molecule has 0 atom stereocenters. The van der Waals surface area contributed by atoms with E-state index in [-0.39, 0.29) is 5.56 Å². The van der Waals surface area contributed by atoms with Gasteiger partial charge < -0.3 is 10.3 Å². The smallest absolute Gasteiger partial charge is 0.422 e. The molecule has 0 heterocycles. The molecule has 1 aromatic carbocycles. The van der Waals surface area contributed by atoms with E-state index in [4.69, 9.17) is 40.3 Å². The van der Waals surface area contributed by atoms with Crippen molar-refractivity contribution in [3.05, 3.63) is 41.2 Å². The summed E-state index contributed by atoms with van der Waals surface area (Å²) in [4.78, 5) is 14.3. The summed E-state index contributed by atoms with van der Waals surface area (Å²) in [5.41, 5.74) is 8.50. The van der Waals surface area contributed by atoms with Crippen LogP contribution in [0, 0.1) is 5.82 Å². The maximum absolute atomic E-state index is 12.7. The zero-order valence-corrected chi connectivity index (χ0v) is 11.0. The largest absolute Gasteiger partial charge is 0.452 e. The second-order valence-corrected chi connectivity index (χ2v) is 5.66. The second kappa shape index (κ2) is 6.16. The number of alkyl halides is 3. The van der Waals surface area contributed by atoms with Crippen LogP contribution < -0.4 is 0 Å². The molecule has 0 amide bonds. The molecular weight excluding hydrogens is 305 g/mol. The summed E-state index contributed by atoms with van der Waals surface area (Å²) < 4.78 is 15.5. The molecule has 0 saturated heterocycles. The van der Waals surface area contributed by atoms with Crippen molar-refractivity contribution >= 4 is 46.5 Å². The minimum atomic E-state index is -1.76. The van der Waals surface area contributed by atoms with Gasteiger partial charge in [0.05, 0.1) is 5.56 Å². The van der Waals surface area contributed by atoms with Gasteiger partial charge in [0.15, 0.2) is 0 Å². The van der Waals surface area contributed by atoms with Crippen LogP contribution in [0.2, 0.25) is 0 Å². The zero-order valence-electron chi connectivity index (χ0n) is 8.74. The van der Waals surface area contributed by atoms with Crippen LogP contribution in [-0.4, -0.2) is 26.9 Å². The topological polar surface area (TPSA) is 62.7 Å². The first-order chi connectivity index (χ1) is 8.33. The minimum Gasteiger partial charge on any atom is -0.452 e. The number of hydrogen-bond donors (Lipinski definition) is 0. The van der Waals surface area contributed by atoms with Gasteiger partial charge in [-0.25, -0.2) is 9.18 Å². The summed E-state index contributed by atoms with van der Waals surface area (Å²) in [5, 5.41) is 0. The highest BCUT2D eigenvalue weighted by Gasteiger charge is 2.29. The van der Waals surface area contributed by atoms with Crippen LogP contribution in [-0.2, 0) is 9.53 Å². The Labute approximate surface area is 117 Å². The first-order valence-corrected chi connectivity index (χ1v) is 5.69. The zero-order chi connectivity index (χ0) is 13.8. The molecule has 0 N–H and O–H groups in total. The summed E-state index contributed by atoms with van der Waals surface area (Å²) in [6, 6.07) is 4.70. The van der Waals surface area contributed by atoms with Crippen LogP contribution in [0.15, 0.2) is 24.3 Å². The van der Waals surface area contributed by atoms with Crippen molar-refractivity contribution < 1.29 is 18.7 Å². The van der Waals surface area contributed by atoms with Crippen molar-refractivity contribution in [3.63, 3.8) is 0 Å². The van der Waals surface area contributed by atoms with Crippen molar-refractivity contribution in [1.29, 1.82) is 0 Å². The van der Waals surface area contributed by atoms with Crippen LogP contribution in [0.3, 0.4) is 0 Å². The summed E-state index contributed by atoms with van der Waals surface area (Å²) in [6.07, 6.45) is 0. The monoisotopic (exact) mass is 310 g/mol. The van der Waals surface area contributed by atoms with Crippen LogP contribution in [0.1, 0.15) is 5.56 Å². The van der Waals surface area contributed by atoms with Crippen molar-refractivity contribution in [2.24, 2.45) is 0 Å². The van der Waals surface area contributed by atoms with Gasteiger partial charge in [-0.1, -0.05) is 34.8 Å². The quantitative estimate of drug-likeness (QED) is 0.283. The number of ether oxygens (including phenoxy) is 1. The molecule has 1 aromatic rings. The summed E-state index contributed by atoms with van der Waals surface area (Å²) in [5.74, 6) is -1.49. The van der Waals surface area contributed by atoms with Gasteiger partial charge in [0.1, 0.15) is 12.4 Å². The molecule has 0 spiro atoms. The molecule has 0 aliphatic rings. The first kappa shape index (κ1) is 14.9. The Morgan fingerprint density at radius 3 is 2.33 bits per heavy atom. The third-order valence-corrected chi connectivity index (χ3v) is 2.11. The molecule has 1 rings (SSSR count). The number of carbonyl (C=O) groups excluding carboxylic acids is 1. The van der Waals surface area contributed by atoms with Gasteiger partial charge in [-0.2, -0.15) is 4.79 Å². The lowest BCUT2D eigenvalue weighted by atomic mass is 10.1. The fraction of sp³-hybridized carbons (Fsp3) is 0.200. The molecule has 0 aliphatic carbocycles. The van der Waals surface area contributed by atoms with Crippen molar-refractivity contribution in [1.82, 2.24) is 0 Å². The first-order valence-electron chi connectivity index (χ1n) is 4.55. The Hall–Kier alpha value is -1.13. The van der Waals surface area contributed by atoms with Gasteiger partial charge >= 0.3 is 11.7 Å². The normalized spacial score (nSPS) is 10.7. The number of hydrogen-bond acceptors (Lipinski definition) is 2. The van der Waals surface area contributed by atoms with Crippen LogP contribution >= 0.6 is 34.8 Å². The number of benzene rings is 1. The molecule has 18 heavy (non-hydrogen) atoms. The van der Waals surface area contributed by atoms with Crippen molar-refractivity contribution in [3.8, 4) is 0 Å². The molecule has 96 valence electrons. The molecule has 0 unspecified atom stereocenters. The van der Waals surface area contributed by atoms with E-state index in [0.29, 0.717) is 0 Å². The molecule has 0 aromatic heterocycles. The van der Waals surface area contributed by atoms with E-state index in [0.717, 1.165) is 12.1 Å². The van der Waals surface area contributed by atoms with E-state index in [1.165, 1.54) is 12.1 Å². The molecule has 4 nitrogen and oxygen atoms in total. The van der Waals surface area contributed by atoms with Crippen molar-refractivity contribution in [2.75, 3.05) is 6.61 Å². The lowest BCUT2D eigenvalue weighted by molar-refractivity contribution is -0.139. The van der Waals surface area contributed by atoms with Gasteiger partial charge in [-0.15, -0.1) is 0 Å². The second-order valence-electron chi connectivity index (χ2n) is 3.15. The van der Waals surface area contributed by atoms with Crippen molar-refractivity contribution in [2.45, 2.75) is 3.79 Å². The third kappa shape index (κ3) is 4.63. The lowest BCUT2D eigenvalue weighted by Gasteiger charge is -2.09. The third-order valence-electron chi connectivity index (χ3n) is 1.78. The van der Waals surface area contributed by atoms with E-state index >= 15 is 0 Å². The highest BCUT2D eigenvalue weighted by atomic mass is 35.6. The van der Waals surface area contributed by atoms with Crippen LogP contribution in [0.5, 0.6) is 0 Å². The Kier molecular flexibility index (Phi) is 5.11. The molecule has 0 bridgehead atoms. The Morgan fingerprint density at radius 1 is 1.33 bits per heavy atom. The predicted octanol–water partition coefficient (Wildman–Crippen LogP) is 2.76. The predicted molar refractivity (Wildman–Crippen MR) is 65.4 cm³/mol. The van der Waals surface area contributed by atoms with Gasteiger partial charge in [0.25, 0.3) is 0 Å². The van der Waals surface area contributed by atoms with Gasteiger partial charge in [0.2, 0.25) is 3.79 Å². The van der Waals surface area contributed by atoms with Gasteiger partial charge in [0, 0.05) is 0 Å². The van der Waals surface area contributed by atoms with E-state index in [1.54, 1.807) is 0 Å². The van der Waals surface area contributed by atoms with Crippen LogP contribution in [0.25, 0.3) is 5.53 Å². The standard InChI is InChI=1S/C10H6Cl3FN2O2/c11-10(12,13)5-18-9(17)8(16-15)6-1-3-7(14)4-2-6/h1-4H,5H2. The summed E-state index contributed by atoms with van der Waals surface area (Å²) >= 11 is 16.2. The fourth-order valence-electron chi connectivity index (χ4n) is 1.04. The number of carbonyl (C=O) groups is 1. The fourth-order valence-corrected chi connectivity index (χ4v) is 1.20. The highest BCUT2D eigenvalue weighted by Crippen LogP contribution is 2.26. The van der Waals surface area contributed by atoms with Crippen LogP contribution in [0.4, 0.5) is 4.39 Å². The maximum Gasteiger partial charge on any atom is 0.422 e. The lowest BCUT2D eigenvalue weighted by Crippen LogP contribution is -2.24. The Balaban J connectivity index is 2.82. The maximum atomic E-state index is 12.7. The Bertz CT molecular complexity index is 493. The average molecular weight is 312 g/mol. The van der Waals surface area contributed by atoms with E-state index in [2.05, 4.69) is 9.53 Å². The number of rotatable bonds is 3. The molecule has 0 saturated carbocycles. The highest BCUT2D eigenvalue weighted by molar-refractivity contribution is 6.67. The molecule has 8 heteroatoms. The molecule has 0 radical (unpaired) electrons. The number of nitrogens with zero attached hydrogens (tertiary/aromatic N) is 2. The van der Waals surface area contributed by atoms with E-state index in [1.807, 2.05) is 0 Å². The number of halogens is 4.